The SMILES string of the molecule is CC(C)c1ccc(N(c2ccc(-c3ccccc3)c(F)c2)c2cc3c(c4ccccc24)-c2c(cc(N(c4ccc(C(C)C)cc4)c4ccc(-c5ccccc5)c(F)c4)c4c2oc2ccccc24)C32c3ccccc3-c3ccccc32)cc1. The Labute approximate surface area is 476 Å². The summed E-state index contributed by atoms with van der Waals surface area (Å²) in [6.07, 6.45) is 0. The standard InChI is InChI=1S/C77H56F2N2O/c1-47(2)49-31-35-53(36-32-49)80(55-39-41-57(68(78)43-55)51-19-7-5-8-20-51)70-45-66-73(62-26-12-11-25-61(62)70)75-67(77(66)64-28-16-13-23-59(64)60-24-14-17-29-65(60)77)46-71(74-63-27-15-18-30-72(63)82-76(74)75)81(54-37-33-50(34-38-54)48(3)4)56-40-42-58(69(79)44-56)52-21-9-6-10-22-52/h5-48H,1-4H3. The molecule has 2 aliphatic carbocycles. The molecule has 2 aliphatic rings. The smallest absolute Gasteiger partial charge is 0.145 e. The Bertz CT molecular complexity index is 4610. The molecule has 0 unspecified atom stereocenters. The van der Waals surface area contributed by atoms with Crippen LogP contribution in [0.3, 0.4) is 0 Å². The van der Waals surface area contributed by atoms with E-state index in [9.17, 15) is 0 Å². The number of anilines is 6. The summed E-state index contributed by atoms with van der Waals surface area (Å²) < 4.78 is 41.7. The minimum atomic E-state index is -0.913. The van der Waals surface area contributed by atoms with Gasteiger partial charge in [0, 0.05) is 50.2 Å². The third-order valence-corrected chi connectivity index (χ3v) is 17.4. The molecular weight excluding hydrogens is 1010 g/mol. The summed E-state index contributed by atoms with van der Waals surface area (Å²) in [5, 5.41) is 3.91. The third kappa shape index (κ3) is 7.46. The van der Waals surface area contributed by atoms with E-state index in [2.05, 4.69) is 195 Å². The van der Waals surface area contributed by atoms with Crippen LogP contribution in [0.1, 0.15) is 72.9 Å². The summed E-state index contributed by atoms with van der Waals surface area (Å²) in [6, 6.07) is 87.7. The summed E-state index contributed by atoms with van der Waals surface area (Å²) in [7, 11) is 0. The molecule has 15 rings (SSSR count). The van der Waals surface area contributed by atoms with Gasteiger partial charge in [-0.05, 0) is 157 Å². The van der Waals surface area contributed by atoms with Gasteiger partial charge in [-0.15, -0.1) is 0 Å². The van der Waals surface area contributed by atoms with Gasteiger partial charge in [0.1, 0.15) is 22.8 Å². The van der Waals surface area contributed by atoms with Crippen LogP contribution in [0.15, 0.2) is 259 Å². The lowest BCUT2D eigenvalue weighted by Crippen LogP contribution is -2.26. The van der Waals surface area contributed by atoms with Gasteiger partial charge in [0.25, 0.3) is 0 Å². The molecular formula is C77H56F2N2O. The molecule has 1 heterocycles. The number of furan rings is 1. The summed E-state index contributed by atoms with van der Waals surface area (Å²) >= 11 is 0. The monoisotopic (exact) mass is 1060 g/mol. The normalized spacial score (nSPS) is 12.8. The second-order valence-electron chi connectivity index (χ2n) is 22.5. The van der Waals surface area contributed by atoms with Gasteiger partial charge in [-0.2, -0.15) is 0 Å². The molecule has 0 amide bonds. The van der Waals surface area contributed by atoms with Gasteiger partial charge in [-0.3, -0.25) is 0 Å². The largest absolute Gasteiger partial charge is 0.455 e. The van der Waals surface area contributed by atoms with Gasteiger partial charge in [-0.1, -0.05) is 204 Å². The van der Waals surface area contributed by atoms with Crippen molar-refractivity contribution in [1.82, 2.24) is 0 Å². The molecule has 5 heteroatoms. The number of benzene rings is 12. The molecule has 0 aliphatic heterocycles. The zero-order valence-electron chi connectivity index (χ0n) is 46.0. The van der Waals surface area contributed by atoms with Crippen molar-refractivity contribution in [1.29, 1.82) is 0 Å². The van der Waals surface area contributed by atoms with E-state index in [0.29, 0.717) is 34.3 Å². The summed E-state index contributed by atoms with van der Waals surface area (Å²) in [4.78, 5) is 4.47. The van der Waals surface area contributed by atoms with Crippen molar-refractivity contribution in [2.45, 2.75) is 44.9 Å². The highest BCUT2D eigenvalue weighted by atomic mass is 19.1. The van der Waals surface area contributed by atoms with Crippen molar-refractivity contribution in [3.05, 3.63) is 300 Å². The second-order valence-corrected chi connectivity index (χ2v) is 22.5. The number of nitrogens with zero attached hydrogens (tertiary/aromatic N) is 2. The summed E-state index contributed by atoms with van der Waals surface area (Å²) in [6.45, 7) is 8.83. The average Bonchev–Trinajstić information content (AvgIpc) is 2.44. The maximum absolute atomic E-state index is 17.2. The Hall–Kier alpha value is -9.84. The molecule has 0 radical (unpaired) electrons. The van der Waals surface area contributed by atoms with E-state index < -0.39 is 5.41 Å². The molecule has 1 spiro atoms. The van der Waals surface area contributed by atoms with Crippen LogP contribution >= 0.6 is 0 Å². The predicted molar refractivity (Wildman–Crippen MR) is 336 cm³/mol. The highest BCUT2D eigenvalue weighted by Gasteiger charge is 2.54. The Morgan fingerprint density at radius 1 is 0.354 bits per heavy atom. The highest BCUT2D eigenvalue weighted by molar-refractivity contribution is 6.23. The van der Waals surface area contributed by atoms with E-state index in [1.54, 1.807) is 12.1 Å². The Kier molecular flexibility index (Phi) is 11.5. The van der Waals surface area contributed by atoms with Crippen LogP contribution in [0.25, 0.3) is 77.2 Å². The van der Waals surface area contributed by atoms with E-state index in [1.165, 1.54) is 11.1 Å². The first-order valence-corrected chi connectivity index (χ1v) is 28.4. The van der Waals surface area contributed by atoms with E-state index in [1.807, 2.05) is 84.9 Å². The fourth-order valence-corrected chi connectivity index (χ4v) is 13.5. The number of hydrogen-bond acceptors (Lipinski definition) is 3. The molecule has 82 heavy (non-hydrogen) atoms. The van der Waals surface area contributed by atoms with E-state index in [4.69, 9.17) is 4.42 Å². The van der Waals surface area contributed by atoms with Crippen molar-refractivity contribution < 1.29 is 13.2 Å². The van der Waals surface area contributed by atoms with Crippen molar-refractivity contribution >= 4 is 66.8 Å². The van der Waals surface area contributed by atoms with Crippen LogP contribution in [0, 0.1) is 11.6 Å². The van der Waals surface area contributed by atoms with Gasteiger partial charge in [0.05, 0.1) is 22.2 Å². The number of para-hydroxylation sites is 1. The topological polar surface area (TPSA) is 19.6 Å². The van der Waals surface area contributed by atoms with Crippen LogP contribution in [-0.4, -0.2) is 0 Å². The first kappa shape index (κ1) is 49.2. The predicted octanol–water partition coefficient (Wildman–Crippen LogP) is 21.9. The molecule has 0 saturated heterocycles. The number of rotatable bonds is 10. The lowest BCUT2D eigenvalue weighted by molar-refractivity contribution is 0.631. The van der Waals surface area contributed by atoms with Crippen molar-refractivity contribution in [3.63, 3.8) is 0 Å². The first-order chi connectivity index (χ1) is 40.2. The lowest BCUT2D eigenvalue weighted by Gasteiger charge is -2.34. The zero-order valence-corrected chi connectivity index (χ0v) is 46.0. The first-order valence-electron chi connectivity index (χ1n) is 28.4. The molecule has 3 nitrogen and oxygen atoms in total. The van der Waals surface area contributed by atoms with Gasteiger partial charge >= 0.3 is 0 Å². The van der Waals surface area contributed by atoms with E-state index >= 15 is 8.78 Å². The minimum absolute atomic E-state index is 0.304. The lowest BCUT2D eigenvalue weighted by atomic mass is 9.70. The minimum Gasteiger partial charge on any atom is -0.455 e. The zero-order chi connectivity index (χ0) is 55.4. The number of halogens is 2. The quantitative estimate of drug-likeness (QED) is 0.136. The maximum Gasteiger partial charge on any atom is 0.145 e. The fourth-order valence-electron chi connectivity index (χ4n) is 13.5. The third-order valence-electron chi connectivity index (χ3n) is 17.4. The molecule has 0 fully saturated rings. The van der Waals surface area contributed by atoms with Gasteiger partial charge in [-0.25, -0.2) is 8.78 Å². The molecule has 0 bridgehead atoms. The van der Waals surface area contributed by atoms with E-state index in [-0.39, 0.29) is 11.6 Å². The van der Waals surface area contributed by atoms with Crippen molar-refractivity contribution in [2.24, 2.45) is 0 Å². The van der Waals surface area contributed by atoms with Gasteiger partial charge in [0.15, 0.2) is 0 Å². The van der Waals surface area contributed by atoms with Gasteiger partial charge in [0.2, 0.25) is 0 Å². The average molecular weight is 1060 g/mol. The number of hydrogen-bond donors (Lipinski definition) is 0. The van der Waals surface area contributed by atoms with E-state index in [0.717, 1.165) is 111 Å². The van der Waals surface area contributed by atoms with Crippen LogP contribution in [0.2, 0.25) is 0 Å². The second kappa shape index (κ2) is 19.2. The molecule has 0 N–H and O–H groups in total. The van der Waals surface area contributed by atoms with Crippen LogP contribution in [0.4, 0.5) is 42.9 Å². The van der Waals surface area contributed by atoms with Crippen LogP contribution in [-0.2, 0) is 5.41 Å². The van der Waals surface area contributed by atoms with Crippen molar-refractivity contribution in [2.75, 3.05) is 9.80 Å². The fraction of sp³-hybridized carbons (Fsp3) is 0.0909. The Morgan fingerprint density at radius 3 is 1.30 bits per heavy atom. The summed E-state index contributed by atoms with van der Waals surface area (Å²) in [5.41, 5.74) is 19.5. The molecule has 13 aromatic rings. The van der Waals surface area contributed by atoms with Crippen LogP contribution in [0.5, 0.6) is 0 Å². The molecule has 0 atom stereocenters. The Balaban J connectivity index is 1.07. The Morgan fingerprint density at radius 2 is 0.780 bits per heavy atom. The maximum atomic E-state index is 17.2. The van der Waals surface area contributed by atoms with Crippen LogP contribution < -0.4 is 9.80 Å². The van der Waals surface area contributed by atoms with Gasteiger partial charge < -0.3 is 14.2 Å². The molecule has 394 valence electrons. The number of fused-ring (bicyclic) bond motifs is 16. The molecule has 12 aromatic carbocycles. The van der Waals surface area contributed by atoms with Crippen molar-refractivity contribution in [3.8, 4) is 44.5 Å². The molecule has 0 saturated carbocycles. The highest BCUT2D eigenvalue weighted by Crippen LogP contribution is 2.67. The molecule has 1 aromatic heterocycles. The summed E-state index contributed by atoms with van der Waals surface area (Å²) in [5.74, 6) is -0.00674.